The molecule has 2 N–H and O–H groups in total. The zero-order valence-electron chi connectivity index (χ0n) is 9.73. The SMILES string of the molecule is C[C@@H](N)c1ccc(Oc2ccc(Cl)c(F)c2)cn1. The van der Waals surface area contributed by atoms with Crippen LogP contribution < -0.4 is 10.5 Å². The van der Waals surface area contributed by atoms with Crippen LogP contribution in [0.1, 0.15) is 18.7 Å². The number of hydrogen-bond acceptors (Lipinski definition) is 3. The molecule has 1 aromatic heterocycles. The third kappa shape index (κ3) is 2.97. The van der Waals surface area contributed by atoms with Crippen molar-refractivity contribution in [2.24, 2.45) is 5.73 Å². The summed E-state index contributed by atoms with van der Waals surface area (Å²) in [6.07, 6.45) is 1.55. The molecule has 18 heavy (non-hydrogen) atoms. The van der Waals surface area contributed by atoms with E-state index in [1.807, 2.05) is 6.92 Å². The number of benzene rings is 1. The molecule has 3 nitrogen and oxygen atoms in total. The molecule has 2 rings (SSSR count). The molecule has 0 unspecified atom stereocenters. The molecule has 0 spiro atoms. The van der Waals surface area contributed by atoms with Crippen LogP contribution in [0.2, 0.25) is 5.02 Å². The van der Waals surface area contributed by atoms with Crippen LogP contribution >= 0.6 is 11.6 Å². The van der Waals surface area contributed by atoms with Gasteiger partial charge in [0, 0.05) is 12.1 Å². The average Bonchev–Trinajstić information content (AvgIpc) is 2.34. The Morgan fingerprint density at radius 3 is 2.56 bits per heavy atom. The summed E-state index contributed by atoms with van der Waals surface area (Å²) in [5, 5.41) is 0.0628. The summed E-state index contributed by atoms with van der Waals surface area (Å²) in [5.41, 5.74) is 6.45. The van der Waals surface area contributed by atoms with Gasteiger partial charge in [-0.15, -0.1) is 0 Å². The minimum Gasteiger partial charge on any atom is -0.456 e. The second-order valence-corrected chi connectivity index (χ2v) is 4.29. The number of aromatic nitrogens is 1. The summed E-state index contributed by atoms with van der Waals surface area (Å²) in [6.45, 7) is 1.84. The van der Waals surface area contributed by atoms with Gasteiger partial charge in [-0.1, -0.05) is 11.6 Å². The Kier molecular flexibility index (Phi) is 3.79. The lowest BCUT2D eigenvalue weighted by Crippen LogP contribution is -2.06. The summed E-state index contributed by atoms with van der Waals surface area (Å²) < 4.78 is 18.7. The number of hydrogen-bond donors (Lipinski definition) is 1. The van der Waals surface area contributed by atoms with Crippen molar-refractivity contribution in [1.82, 2.24) is 4.98 Å². The second kappa shape index (κ2) is 5.33. The maximum atomic E-state index is 13.2. The number of ether oxygens (including phenoxy) is 1. The van der Waals surface area contributed by atoms with E-state index in [1.165, 1.54) is 12.1 Å². The first kappa shape index (κ1) is 12.8. The van der Waals surface area contributed by atoms with E-state index in [1.54, 1.807) is 24.4 Å². The van der Waals surface area contributed by atoms with E-state index in [9.17, 15) is 4.39 Å². The van der Waals surface area contributed by atoms with Gasteiger partial charge in [0.1, 0.15) is 17.3 Å². The molecule has 1 aromatic carbocycles. The van der Waals surface area contributed by atoms with Gasteiger partial charge < -0.3 is 10.5 Å². The van der Waals surface area contributed by atoms with E-state index in [0.29, 0.717) is 11.5 Å². The van der Waals surface area contributed by atoms with Crippen molar-refractivity contribution in [3.05, 3.63) is 53.1 Å². The first-order valence-corrected chi connectivity index (χ1v) is 5.78. The van der Waals surface area contributed by atoms with E-state index in [2.05, 4.69) is 4.98 Å². The lowest BCUT2D eigenvalue weighted by Gasteiger charge is -2.08. The molecule has 1 heterocycles. The standard InChI is InChI=1S/C13H12ClFN2O/c1-8(16)13-5-3-10(7-17-13)18-9-2-4-11(14)12(15)6-9/h2-8H,16H2,1H3/t8-/m1/s1. The lowest BCUT2D eigenvalue weighted by molar-refractivity contribution is 0.473. The predicted molar refractivity (Wildman–Crippen MR) is 68.3 cm³/mol. The van der Waals surface area contributed by atoms with E-state index in [4.69, 9.17) is 22.1 Å². The van der Waals surface area contributed by atoms with E-state index < -0.39 is 5.82 Å². The molecule has 2 aromatic rings. The summed E-state index contributed by atoms with van der Waals surface area (Å²) in [6, 6.07) is 7.62. The molecule has 0 bridgehead atoms. The van der Waals surface area contributed by atoms with Gasteiger partial charge in [0.25, 0.3) is 0 Å². The van der Waals surface area contributed by atoms with Crippen LogP contribution in [0.15, 0.2) is 36.5 Å². The quantitative estimate of drug-likeness (QED) is 0.922. The van der Waals surface area contributed by atoms with Crippen LogP contribution in [0, 0.1) is 5.82 Å². The van der Waals surface area contributed by atoms with Crippen LogP contribution in [-0.4, -0.2) is 4.98 Å². The van der Waals surface area contributed by atoms with Gasteiger partial charge in [-0.3, -0.25) is 4.98 Å². The van der Waals surface area contributed by atoms with Gasteiger partial charge in [0.05, 0.1) is 16.9 Å². The average molecular weight is 267 g/mol. The third-order valence-corrected chi connectivity index (χ3v) is 2.66. The van der Waals surface area contributed by atoms with E-state index >= 15 is 0 Å². The fraction of sp³-hybridized carbons (Fsp3) is 0.154. The largest absolute Gasteiger partial charge is 0.456 e. The highest BCUT2D eigenvalue weighted by Crippen LogP contribution is 2.25. The van der Waals surface area contributed by atoms with Crippen LogP contribution in [0.25, 0.3) is 0 Å². The second-order valence-electron chi connectivity index (χ2n) is 3.89. The van der Waals surface area contributed by atoms with Crippen LogP contribution in [-0.2, 0) is 0 Å². The summed E-state index contributed by atoms with van der Waals surface area (Å²) in [5.74, 6) is 0.364. The van der Waals surface area contributed by atoms with Gasteiger partial charge in [0.2, 0.25) is 0 Å². The van der Waals surface area contributed by atoms with Crippen LogP contribution in [0.5, 0.6) is 11.5 Å². The predicted octanol–water partition coefficient (Wildman–Crippen LogP) is 3.69. The highest BCUT2D eigenvalue weighted by Gasteiger charge is 2.05. The van der Waals surface area contributed by atoms with Crippen molar-refractivity contribution < 1.29 is 9.13 Å². The van der Waals surface area contributed by atoms with Gasteiger partial charge in [0.15, 0.2) is 0 Å². The normalized spacial score (nSPS) is 12.2. The number of rotatable bonds is 3. The molecule has 94 valence electrons. The lowest BCUT2D eigenvalue weighted by atomic mass is 10.2. The van der Waals surface area contributed by atoms with E-state index in [0.717, 1.165) is 5.69 Å². The van der Waals surface area contributed by atoms with Crippen molar-refractivity contribution in [1.29, 1.82) is 0 Å². The van der Waals surface area contributed by atoms with Gasteiger partial charge >= 0.3 is 0 Å². The van der Waals surface area contributed by atoms with Crippen molar-refractivity contribution in [2.75, 3.05) is 0 Å². The first-order chi connectivity index (χ1) is 8.56. The monoisotopic (exact) mass is 266 g/mol. The Morgan fingerprint density at radius 1 is 1.28 bits per heavy atom. The fourth-order valence-corrected chi connectivity index (χ4v) is 1.52. The Labute approximate surface area is 109 Å². The summed E-state index contributed by atoms with van der Waals surface area (Å²) >= 11 is 5.58. The summed E-state index contributed by atoms with van der Waals surface area (Å²) in [4.78, 5) is 4.14. The zero-order chi connectivity index (χ0) is 13.1. The molecular weight excluding hydrogens is 255 g/mol. The molecular formula is C13H12ClFN2O. The highest BCUT2D eigenvalue weighted by molar-refractivity contribution is 6.30. The zero-order valence-corrected chi connectivity index (χ0v) is 10.5. The van der Waals surface area contributed by atoms with Gasteiger partial charge in [-0.25, -0.2) is 4.39 Å². The smallest absolute Gasteiger partial charge is 0.145 e. The molecule has 0 amide bonds. The van der Waals surface area contributed by atoms with Crippen LogP contribution in [0.3, 0.4) is 0 Å². The topological polar surface area (TPSA) is 48.1 Å². The van der Waals surface area contributed by atoms with Crippen molar-refractivity contribution in [3.8, 4) is 11.5 Å². The molecule has 0 saturated heterocycles. The molecule has 0 saturated carbocycles. The maximum Gasteiger partial charge on any atom is 0.145 e. The van der Waals surface area contributed by atoms with Crippen molar-refractivity contribution in [2.45, 2.75) is 13.0 Å². The molecule has 0 aliphatic heterocycles. The molecule has 5 heteroatoms. The van der Waals surface area contributed by atoms with Gasteiger partial charge in [-0.2, -0.15) is 0 Å². The Balaban J connectivity index is 2.15. The molecule has 0 aliphatic rings. The Morgan fingerprint density at radius 2 is 2.00 bits per heavy atom. The molecule has 0 radical (unpaired) electrons. The van der Waals surface area contributed by atoms with Gasteiger partial charge in [-0.05, 0) is 31.2 Å². The molecule has 1 atom stereocenters. The fourth-order valence-electron chi connectivity index (χ4n) is 1.40. The summed E-state index contributed by atoms with van der Waals surface area (Å²) in [7, 11) is 0. The number of pyridine rings is 1. The minimum atomic E-state index is -0.519. The minimum absolute atomic E-state index is 0.0628. The maximum absolute atomic E-state index is 13.2. The Bertz CT molecular complexity index is 543. The number of nitrogens with zero attached hydrogens (tertiary/aromatic N) is 1. The first-order valence-electron chi connectivity index (χ1n) is 5.40. The van der Waals surface area contributed by atoms with E-state index in [-0.39, 0.29) is 11.1 Å². The Hall–Kier alpha value is -1.65. The highest BCUT2D eigenvalue weighted by atomic mass is 35.5. The molecule has 0 fully saturated rings. The third-order valence-electron chi connectivity index (χ3n) is 2.35. The van der Waals surface area contributed by atoms with Crippen molar-refractivity contribution in [3.63, 3.8) is 0 Å². The number of halogens is 2. The molecule has 0 aliphatic carbocycles. The van der Waals surface area contributed by atoms with Crippen molar-refractivity contribution >= 4 is 11.6 Å². The van der Waals surface area contributed by atoms with Crippen LogP contribution in [0.4, 0.5) is 4.39 Å². The number of nitrogens with two attached hydrogens (primary N) is 1.